The average Bonchev–Trinajstić information content (AvgIpc) is 2.41. The number of nitrogens with two attached hydrogens (primary N) is 1. The quantitative estimate of drug-likeness (QED) is 0.495. The molecule has 0 aliphatic rings. The Morgan fingerprint density at radius 1 is 0.947 bits per heavy atom. The fourth-order valence-corrected chi connectivity index (χ4v) is 1.52. The van der Waals surface area contributed by atoms with Crippen molar-refractivity contribution in [1.82, 2.24) is 0 Å². The zero-order chi connectivity index (χ0) is 13.8. The molecule has 2 N–H and O–H groups in total. The SMILES string of the molecule is CCCCOCCOCCCOc1cccc(N)c1. The first kappa shape index (κ1) is 15.8. The second-order valence-electron chi connectivity index (χ2n) is 4.35. The third-order valence-corrected chi connectivity index (χ3v) is 2.57. The highest BCUT2D eigenvalue weighted by molar-refractivity contribution is 5.43. The van der Waals surface area contributed by atoms with Crippen molar-refractivity contribution < 1.29 is 14.2 Å². The maximum atomic E-state index is 5.66. The second-order valence-corrected chi connectivity index (χ2v) is 4.35. The third-order valence-electron chi connectivity index (χ3n) is 2.57. The van der Waals surface area contributed by atoms with Gasteiger partial charge in [-0.3, -0.25) is 0 Å². The fraction of sp³-hybridized carbons (Fsp3) is 0.600. The van der Waals surface area contributed by atoms with Gasteiger partial charge in [0.15, 0.2) is 0 Å². The minimum absolute atomic E-state index is 0.639. The van der Waals surface area contributed by atoms with E-state index in [4.69, 9.17) is 19.9 Å². The molecule has 0 aromatic heterocycles. The lowest BCUT2D eigenvalue weighted by Gasteiger charge is -2.07. The van der Waals surface area contributed by atoms with Gasteiger partial charge in [0.05, 0.1) is 19.8 Å². The van der Waals surface area contributed by atoms with Crippen LogP contribution < -0.4 is 10.5 Å². The van der Waals surface area contributed by atoms with Crippen LogP contribution in [0.5, 0.6) is 5.75 Å². The van der Waals surface area contributed by atoms with Crippen molar-refractivity contribution in [3.8, 4) is 5.75 Å². The Labute approximate surface area is 115 Å². The molecule has 0 aliphatic carbocycles. The molecular formula is C15H25NO3. The van der Waals surface area contributed by atoms with Gasteiger partial charge >= 0.3 is 0 Å². The van der Waals surface area contributed by atoms with Crippen molar-refractivity contribution in [1.29, 1.82) is 0 Å². The number of hydrogen-bond donors (Lipinski definition) is 1. The van der Waals surface area contributed by atoms with Crippen molar-refractivity contribution in [2.75, 3.05) is 38.8 Å². The van der Waals surface area contributed by atoms with Gasteiger partial charge in [0.2, 0.25) is 0 Å². The van der Waals surface area contributed by atoms with Crippen LogP contribution in [0, 0.1) is 0 Å². The Morgan fingerprint density at radius 3 is 2.37 bits per heavy atom. The number of benzene rings is 1. The van der Waals surface area contributed by atoms with E-state index < -0.39 is 0 Å². The van der Waals surface area contributed by atoms with Crippen LogP contribution in [0.3, 0.4) is 0 Å². The second kappa shape index (κ2) is 10.6. The van der Waals surface area contributed by atoms with Crippen LogP contribution in [0.1, 0.15) is 26.2 Å². The molecule has 0 amide bonds. The number of unbranched alkanes of at least 4 members (excludes halogenated alkanes) is 1. The molecular weight excluding hydrogens is 242 g/mol. The molecule has 0 aliphatic heterocycles. The van der Waals surface area contributed by atoms with Gasteiger partial charge in [0, 0.05) is 31.4 Å². The molecule has 19 heavy (non-hydrogen) atoms. The highest BCUT2D eigenvalue weighted by atomic mass is 16.5. The monoisotopic (exact) mass is 267 g/mol. The predicted molar refractivity (Wildman–Crippen MR) is 77.5 cm³/mol. The van der Waals surface area contributed by atoms with Crippen molar-refractivity contribution in [2.24, 2.45) is 0 Å². The summed E-state index contributed by atoms with van der Waals surface area (Å²) in [5.74, 6) is 0.808. The number of nitrogen functional groups attached to an aromatic ring is 1. The summed E-state index contributed by atoms with van der Waals surface area (Å²) in [5.41, 5.74) is 6.38. The van der Waals surface area contributed by atoms with Gasteiger partial charge in [-0.1, -0.05) is 19.4 Å². The van der Waals surface area contributed by atoms with E-state index in [2.05, 4.69) is 6.92 Å². The summed E-state index contributed by atoms with van der Waals surface area (Å²) in [7, 11) is 0. The summed E-state index contributed by atoms with van der Waals surface area (Å²) in [6.45, 7) is 5.65. The third kappa shape index (κ3) is 8.46. The topological polar surface area (TPSA) is 53.7 Å². The molecule has 1 aromatic carbocycles. The molecule has 0 saturated heterocycles. The molecule has 0 saturated carbocycles. The lowest BCUT2D eigenvalue weighted by Crippen LogP contribution is -2.08. The molecule has 1 rings (SSSR count). The molecule has 0 radical (unpaired) electrons. The van der Waals surface area contributed by atoms with Crippen molar-refractivity contribution in [3.63, 3.8) is 0 Å². The lowest BCUT2D eigenvalue weighted by atomic mass is 10.3. The summed E-state index contributed by atoms with van der Waals surface area (Å²) in [6.07, 6.45) is 3.15. The van der Waals surface area contributed by atoms with Gasteiger partial charge in [-0.15, -0.1) is 0 Å². The highest BCUT2D eigenvalue weighted by Gasteiger charge is 1.95. The summed E-state index contributed by atoms with van der Waals surface area (Å²) in [4.78, 5) is 0. The molecule has 4 heteroatoms. The predicted octanol–water partition coefficient (Wildman–Crippen LogP) is 2.87. The molecule has 1 aromatic rings. The molecule has 108 valence electrons. The van der Waals surface area contributed by atoms with E-state index in [0.717, 1.165) is 30.9 Å². The molecule has 0 spiro atoms. The van der Waals surface area contributed by atoms with Crippen LogP contribution in [-0.4, -0.2) is 33.0 Å². The normalized spacial score (nSPS) is 10.6. The molecule has 0 bridgehead atoms. The van der Waals surface area contributed by atoms with E-state index in [0.29, 0.717) is 26.4 Å². The zero-order valence-corrected chi connectivity index (χ0v) is 11.8. The van der Waals surface area contributed by atoms with Crippen molar-refractivity contribution in [2.45, 2.75) is 26.2 Å². The van der Waals surface area contributed by atoms with Gasteiger partial charge < -0.3 is 19.9 Å². The van der Waals surface area contributed by atoms with Crippen LogP contribution >= 0.6 is 0 Å². The highest BCUT2D eigenvalue weighted by Crippen LogP contribution is 2.14. The van der Waals surface area contributed by atoms with E-state index in [-0.39, 0.29) is 0 Å². The van der Waals surface area contributed by atoms with Crippen LogP contribution in [0.25, 0.3) is 0 Å². The zero-order valence-electron chi connectivity index (χ0n) is 11.8. The average molecular weight is 267 g/mol. The Balaban J connectivity index is 1.89. The molecule has 4 nitrogen and oxygen atoms in total. The lowest BCUT2D eigenvalue weighted by molar-refractivity contribution is 0.0426. The minimum Gasteiger partial charge on any atom is -0.493 e. The van der Waals surface area contributed by atoms with Gasteiger partial charge in [-0.05, 0) is 18.6 Å². The first-order valence-electron chi connectivity index (χ1n) is 6.96. The molecule has 0 heterocycles. The Bertz CT molecular complexity index is 331. The minimum atomic E-state index is 0.639. The van der Waals surface area contributed by atoms with Crippen molar-refractivity contribution >= 4 is 5.69 Å². The van der Waals surface area contributed by atoms with Gasteiger partial charge in [-0.25, -0.2) is 0 Å². The molecule has 0 atom stereocenters. The van der Waals surface area contributed by atoms with E-state index >= 15 is 0 Å². The van der Waals surface area contributed by atoms with Crippen LogP contribution in [0.4, 0.5) is 5.69 Å². The summed E-state index contributed by atoms with van der Waals surface area (Å²) in [6, 6.07) is 7.45. The number of rotatable bonds is 11. The van der Waals surface area contributed by atoms with Gasteiger partial charge in [-0.2, -0.15) is 0 Å². The Hall–Kier alpha value is -1.26. The Kier molecular flexibility index (Phi) is 8.85. The first-order chi connectivity index (χ1) is 9.33. The van der Waals surface area contributed by atoms with Crippen LogP contribution in [0.15, 0.2) is 24.3 Å². The van der Waals surface area contributed by atoms with Gasteiger partial charge in [0.1, 0.15) is 5.75 Å². The maximum Gasteiger partial charge on any atom is 0.121 e. The standard InChI is InChI=1S/C15H25NO3/c1-2-3-8-17-11-12-18-9-5-10-19-15-7-4-6-14(16)13-15/h4,6-7,13H,2-3,5,8-12,16H2,1H3. The summed E-state index contributed by atoms with van der Waals surface area (Å²) < 4.78 is 16.4. The van der Waals surface area contributed by atoms with Gasteiger partial charge in [0.25, 0.3) is 0 Å². The fourth-order valence-electron chi connectivity index (χ4n) is 1.52. The van der Waals surface area contributed by atoms with Crippen LogP contribution in [-0.2, 0) is 9.47 Å². The largest absolute Gasteiger partial charge is 0.493 e. The summed E-state index contributed by atoms with van der Waals surface area (Å²) in [5, 5.41) is 0. The molecule has 0 unspecified atom stereocenters. The number of hydrogen-bond acceptors (Lipinski definition) is 4. The number of anilines is 1. The molecule has 0 fully saturated rings. The Morgan fingerprint density at radius 2 is 1.68 bits per heavy atom. The first-order valence-corrected chi connectivity index (χ1v) is 6.96. The van der Waals surface area contributed by atoms with E-state index in [9.17, 15) is 0 Å². The maximum absolute atomic E-state index is 5.66. The number of ether oxygens (including phenoxy) is 3. The summed E-state index contributed by atoms with van der Waals surface area (Å²) >= 11 is 0. The smallest absolute Gasteiger partial charge is 0.121 e. The van der Waals surface area contributed by atoms with E-state index in [1.165, 1.54) is 6.42 Å². The van der Waals surface area contributed by atoms with Crippen LogP contribution in [0.2, 0.25) is 0 Å². The van der Waals surface area contributed by atoms with Crippen molar-refractivity contribution in [3.05, 3.63) is 24.3 Å². The van der Waals surface area contributed by atoms with E-state index in [1.807, 2.05) is 24.3 Å². The van der Waals surface area contributed by atoms with E-state index in [1.54, 1.807) is 0 Å².